The molecule has 1 atom stereocenters. The number of amides is 2. The van der Waals surface area contributed by atoms with Gasteiger partial charge in [-0.2, -0.15) is 0 Å². The predicted octanol–water partition coefficient (Wildman–Crippen LogP) is 5.60. The Bertz CT molecular complexity index is 1590. The van der Waals surface area contributed by atoms with Crippen molar-refractivity contribution in [3.63, 3.8) is 0 Å². The van der Waals surface area contributed by atoms with Crippen LogP contribution in [0.5, 0.6) is 5.75 Å². The summed E-state index contributed by atoms with van der Waals surface area (Å²) in [6, 6.07) is 27.8. The zero-order valence-electron chi connectivity index (χ0n) is 21.0. The molecule has 4 aromatic carbocycles. The van der Waals surface area contributed by atoms with Crippen molar-refractivity contribution in [1.29, 1.82) is 0 Å². The molecular weight excluding hydrogens is 512 g/mol. The molecule has 2 amide bonds. The van der Waals surface area contributed by atoms with Gasteiger partial charge in [-0.3, -0.25) is 19.2 Å². The van der Waals surface area contributed by atoms with E-state index in [2.05, 4.69) is 10.6 Å². The van der Waals surface area contributed by atoms with Crippen molar-refractivity contribution in [1.82, 2.24) is 0 Å². The van der Waals surface area contributed by atoms with Gasteiger partial charge in [0.05, 0.1) is 16.5 Å². The summed E-state index contributed by atoms with van der Waals surface area (Å²) in [6.07, 6.45) is 0. The lowest BCUT2D eigenvalue weighted by molar-refractivity contribution is -0.118. The van der Waals surface area contributed by atoms with E-state index < -0.39 is 5.25 Å². The Morgan fingerprint density at radius 2 is 1.44 bits per heavy atom. The van der Waals surface area contributed by atoms with Crippen molar-refractivity contribution in [2.45, 2.75) is 17.1 Å². The van der Waals surface area contributed by atoms with Crippen LogP contribution in [0.4, 0.5) is 11.4 Å². The molecule has 0 saturated carbocycles. The molecule has 0 aromatic heterocycles. The number of thioether (sulfide) groups is 1. The number of carbonyl (C=O) groups is 4. The van der Waals surface area contributed by atoms with Crippen LogP contribution in [0, 0.1) is 0 Å². The minimum Gasteiger partial charge on any atom is -0.484 e. The molecule has 4 aromatic rings. The van der Waals surface area contributed by atoms with Crippen molar-refractivity contribution >= 4 is 46.5 Å². The van der Waals surface area contributed by atoms with Crippen LogP contribution in [0.3, 0.4) is 0 Å². The molecule has 0 heterocycles. The summed E-state index contributed by atoms with van der Waals surface area (Å²) >= 11 is 1.30. The van der Waals surface area contributed by atoms with Gasteiger partial charge in [-0.05, 0) is 43.3 Å². The molecule has 0 aliphatic heterocycles. The number of hydrogen-bond acceptors (Lipinski definition) is 6. The molecule has 0 spiro atoms. The number of rotatable bonds is 8. The number of hydrogen-bond donors (Lipinski definition) is 2. The van der Waals surface area contributed by atoms with Crippen LogP contribution < -0.4 is 15.4 Å². The number of fused-ring (bicyclic) bond motifs is 2. The van der Waals surface area contributed by atoms with Crippen molar-refractivity contribution in [3.05, 3.63) is 119 Å². The standard InChI is InChI=1S/C31H24N2O5S/c1-19(39-22-12-7-9-20(17-22)32-27(34)18-38-21-10-3-2-4-11-21)31(37)33-26-16-8-15-25-28(26)30(36)24-14-6-5-13-23(24)29(25)35/h2-17,19H,18H2,1H3,(H,32,34)(H,33,37). The van der Waals surface area contributed by atoms with Crippen LogP contribution in [-0.2, 0) is 9.59 Å². The third-order valence-electron chi connectivity index (χ3n) is 6.12. The first-order valence-electron chi connectivity index (χ1n) is 12.3. The molecule has 0 fully saturated rings. The SMILES string of the molecule is CC(Sc1cccc(NC(=O)COc2ccccc2)c1)C(=O)Nc1cccc2c1C(=O)c1ccccc1C2=O. The summed E-state index contributed by atoms with van der Waals surface area (Å²) in [6.45, 7) is 1.61. The van der Waals surface area contributed by atoms with Crippen molar-refractivity contribution in [2.24, 2.45) is 0 Å². The summed E-state index contributed by atoms with van der Waals surface area (Å²) in [5, 5.41) is 5.10. The minimum atomic E-state index is -0.532. The van der Waals surface area contributed by atoms with Gasteiger partial charge < -0.3 is 15.4 Å². The summed E-state index contributed by atoms with van der Waals surface area (Å²) in [4.78, 5) is 52.4. The maximum Gasteiger partial charge on any atom is 0.262 e. The molecule has 2 N–H and O–H groups in total. The summed E-state index contributed by atoms with van der Waals surface area (Å²) in [5.41, 5.74) is 2.05. The molecule has 39 heavy (non-hydrogen) atoms. The summed E-state index contributed by atoms with van der Waals surface area (Å²) in [7, 11) is 0. The zero-order valence-corrected chi connectivity index (χ0v) is 21.8. The van der Waals surface area contributed by atoms with Gasteiger partial charge >= 0.3 is 0 Å². The lowest BCUT2D eigenvalue weighted by Crippen LogP contribution is -2.27. The largest absolute Gasteiger partial charge is 0.484 e. The summed E-state index contributed by atoms with van der Waals surface area (Å²) in [5.74, 6) is -0.561. The van der Waals surface area contributed by atoms with E-state index in [0.717, 1.165) is 4.90 Å². The lowest BCUT2D eigenvalue weighted by Gasteiger charge is -2.21. The number of ketones is 2. The second-order valence-electron chi connectivity index (χ2n) is 8.86. The zero-order chi connectivity index (χ0) is 27.4. The van der Waals surface area contributed by atoms with E-state index in [1.54, 1.807) is 79.7 Å². The van der Waals surface area contributed by atoms with Crippen molar-refractivity contribution < 1.29 is 23.9 Å². The van der Waals surface area contributed by atoms with Gasteiger partial charge in [-0.25, -0.2) is 0 Å². The van der Waals surface area contributed by atoms with Crippen LogP contribution in [0.15, 0.2) is 102 Å². The molecule has 1 unspecified atom stereocenters. The summed E-state index contributed by atoms with van der Waals surface area (Å²) < 4.78 is 5.48. The highest BCUT2D eigenvalue weighted by atomic mass is 32.2. The van der Waals surface area contributed by atoms with Gasteiger partial charge in [0, 0.05) is 27.3 Å². The molecule has 1 aliphatic rings. The average molecular weight is 537 g/mol. The van der Waals surface area contributed by atoms with Gasteiger partial charge in [0.1, 0.15) is 5.75 Å². The van der Waals surface area contributed by atoms with Gasteiger partial charge in [0.15, 0.2) is 18.2 Å². The Hall–Kier alpha value is -4.69. The second kappa shape index (κ2) is 11.4. The molecule has 1 aliphatic carbocycles. The molecule has 8 heteroatoms. The fourth-order valence-corrected chi connectivity index (χ4v) is 5.18. The van der Waals surface area contributed by atoms with E-state index in [-0.39, 0.29) is 41.1 Å². The third-order valence-corrected chi connectivity index (χ3v) is 7.22. The van der Waals surface area contributed by atoms with Gasteiger partial charge in [0.2, 0.25) is 5.91 Å². The molecule has 5 rings (SSSR count). The molecular formula is C31H24N2O5S. The van der Waals surface area contributed by atoms with Crippen LogP contribution in [0.1, 0.15) is 38.8 Å². The third kappa shape index (κ3) is 5.76. The number of nitrogens with one attached hydrogen (secondary N) is 2. The lowest BCUT2D eigenvalue weighted by atomic mass is 9.83. The highest BCUT2D eigenvalue weighted by Gasteiger charge is 2.32. The van der Waals surface area contributed by atoms with E-state index in [0.29, 0.717) is 28.3 Å². The molecule has 0 bridgehead atoms. The second-order valence-corrected chi connectivity index (χ2v) is 10.3. The van der Waals surface area contributed by atoms with Crippen LogP contribution in [-0.4, -0.2) is 35.2 Å². The maximum atomic E-state index is 13.2. The van der Waals surface area contributed by atoms with E-state index in [4.69, 9.17) is 4.74 Å². The Morgan fingerprint density at radius 1 is 0.769 bits per heavy atom. The number of benzene rings is 4. The Labute approximate surface area is 229 Å². The van der Waals surface area contributed by atoms with E-state index in [9.17, 15) is 19.2 Å². The molecule has 194 valence electrons. The first kappa shape index (κ1) is 25.9. The van der Waals surface area contributed by atoms with Crippen LogP contribution in [0.2, 0.25) is 0 Å². The molecule has 0 radical (unpaired) electrons. The number of ether oxygens (including phenoxy) is 1. The Morgan fingerprint density at radius 3 is 2.21 bits per heavy atom. The number of carbonyl (C=O) groups excluding carboxylic acids is 4. The Kier molecular flexibility index (Phi) is 7.56. The van der Waals surface area contributed by atoms with Crippen LogP contribution in [0.25, 0.3) is 0 Å². The van der Waals surface area contributed by atoms with Gasteiger partial charge in [0.25, 0.3) is 5.91 Å². The average Bonchev–Trinajstić information content (AvgIpc) is 2.95. The monoisotopic (exact) mass is 536 g/mol. The first-order valence-corrected chi connectivity index (χ1v) is 13.2. The van der Waals surface area contributed by atoms with Gasteiger partial charge in [-0.15, -0.1) is 11.8 Å². The highest BCUT2D eigenvalue weighted by Crippen LogP contribution is 2.33. The fraction of sp³-hybridized carbons (Fsp3) is 0.0968. The van der Waals surface area contributed by atoms with Gasteiger partial charge in [-0.1, -0.05) is 60.7 Å². The number of anilines is 2. The first-order chi connectivity index (χ1) is 18.9. The fourth-order valence-electron chi connectivity index (χ4n) is 4.25. The maximum absolute atomic E-state index is 13.2. The van der Waals surface area contributed by atoms with Crippen molar-refractivity contribution in [2.75, 3.05) is 17.2 Å². The number of para-hydroxylation sites is 1. The smallest absolute Gasteiger partial charge is 0.262 e. The van der Waals surface area contributed by atoms with Crippen molar-refractivity contribution in [3.8, 4) is 5.75 Å². The minimum absolute atomic E-state index is 0.132. The van der Waals surface area contributed by atoms with E-state index in [1.165, 1.54) is 11.8 Å². The van der Waals surface area contributed by atoms with E-state index in [1.807, 2.05) is 24.3 Å². The predicted molar refractivity (Wildman–Crippen MR) is 151 cm³/mol. The van der Waals surface area contributed by atoms with E-state index >= 15 is 0 Å². The normalized spacial score (nSPS) is 12.6. The Balaban J connectivity index is 1.23. The highest BCUT2D eigenvalue weighted by molar-refractivity contribution is 8.00. The van der Waals surface area contributed by atoms with Crippen LogP contribution >= 0.6 is 11.8 Å². The topological polar surface area (TPSA) is 102 Å². The molecule has 0 saturated heterocycles. The molecule has 7 nitrogen and oxygen atoms in total. The quantitative estimate of drug-likeness (QED) is 0.251.